The van der Waals surface area contributed by atoms with Crippen molar-refractivity contribution >= 4 is 0 Å². The molecule has 0 radical (unpaired) electrons. The molecule has 3 heteroatoms. The second-order valence-electron chi connectivity index (χ2n) is 6.16. The van der Waals surface area contributed by atoms with E-state index in [1.54, 1.807) is 0 Å². The molecule has 0 spiro atoms. The Kier molecular flexibility index (Phi) is 4.45. The molecule has 2 atom stereocenters. The Bertz CT molecular complexity index is 238. The molecule has 17 heavy (non-hydrogen) atoms. The minimum atomic E-state index is 0.331. The molecule has 0 aromatic rings. The fourth-order valence-corrected chi connectivity index (χ4v) is 3.78. The highest BCUT2D eigenvalue weighted by Gasteiger charge is 2.42. The van der Waals surface area contributed by atoms with Crippen molar-refractivity contribution in [3.63, 3.8) is 0 Å². The monoisotopic (exact) mass is 240 g/mol. The molecule has 100 valence electrons. The first-order chi connectivity index (χ1) is 8.20. The highest BCUT2D eigenvalue weighted by Crippen LogP contribution is 2.40. The van der Waals surface area contributed by atoms with E-state index in [-0.39, 0.29) is 0 Å². The molecular weight excluding hydrogens is 212 g/mol. The summed E-state index contributed by atoms with van der Waals surface area (Å²) in [4.78, 5) is 2.68. The van der Waals surface area contributed by atoms with Gasteiger partial charge in [-0.2, -0.15) is 0 Å². The van der Waals surface area contributed by atoms with E-state index in [4.69, 9.17) is 10.5 Å². The molecule has 1 saturated heterocycles. The van der Waals surface area contributed by atoms with Crippen molar-refractivity contribution in [2.45, 2.75) is 44.6 Å². The molecule has 2 rings (SSSR count). The van der Waals surface area contributed by atoms with Crippen molar-refractivity contribution in [3.8, 4) is 0 Å². The molecule has 0 bridgehead atoms. The lowest BCUT2D eigenvalue weighted by Gasteiger charge is -2.44. The quantitative estimate of drug-likeness (QED) is 0.815. The second kappa shape index (κ2) is 5.68. The zero-order valence-electron chi connectivity index (χ0n) is 11.5. The van der Waals surface area contributed by atoms with Gasteiger partial charge in [0.05, 0.1) is 0 Å². The molecule has 0 aromatic heterocycles. The fourth-order valence-electron chi connectivity index (χ4n) is 3.78. The lowest BCUT2D eigenvalue weighted by molar-refractivity contribution is 0.0350. The Labute approximate surface area is 106 Å². The number of hydrogen-bond donors (Lipinski definition) is 1. The van der Waals surface area contributed by atoms with Crippen LogP contribution in [0, 0.1) is 11.8 Å². The number of nitrogens with zero attached hydrogens (tertiary/aromatic N) is 1. The van der Waals surface area contributed by atoms with Crippen molar-refractivity contribution in [2.24, 2.45) is 17.6 Å². The Morgan fingerprint density at radius 2 is 2.00 bits per heavy atom. The Balaban J connectivity index is 1.90. The van der Waals surface area contributed by atoms with Crippen LogP contribution in [0.5, 0.6) is 0 Å². The van der Waals surface area contributed by atoms with Gasteiger partial charge in [-0.05, 0) is 57.0 Å². The highest BCUT2D eigenvalue weighted by atomic mass is 16.5. The summed E-state index contributed by atoms with van der Waals surface area (Å²) < 4.78 is 5.27. The van der Waals surface area contributed by atoms with E-state index in [1.807, 2.05) is 7.11 Å². The van der Waals surface area contributed by atoms with Gasteiger partial charge in [-0.3, -0.25) is 4.90 Å². The summed E-state index contributed by atoms with van der Waals surface area (Å²) in [5, 5.41) is 0. The normalized spacial score (nSPS) is 36.5. The van der Waals surface area contributed by atoms with E-state index in [2.05, 4.69) is 11.8 Å². The van der Waals surface area contributed by atoms with Crippen LogP contribution >= 0.6 is 0 Å². The summed E-state index contributed by atoms with van der Waals surface area (Å²) in [5.74, 6) is 1.63. The van der Waals surface area contributed by atoms with E-state index in [0.29, 0.717) is 5.54 Å². The minimum absolute atomic E-state index is 0.331. The molecule has 0 amide bonds. The summed E-state index contributed by atoms with van der Waals surface area (Å²) in [6.45, 7) is 6.58. The average Bonchev–Trinajstić information content (AvgIpc) is 2.74. The minimum Gasteiger partial charge on any atom is -0.384 e. The smallest absolute Gasteiger partial charge is 0.0491 e. The van der Waals surface area contributed by atoms with Gasteiger partial charge in [0.2, 0.25) is 0 Å². The van der Waals surface area contributed by atoms with Crippen LogP contribution < -0.4 is 5.73 Å². The molecular formula is C14H28N2O. The van der Waals surface area contributed by atoms with Crippen LogP contribution in [0.15, 0.2) is 0 Å². The molecule has 2 fully saturated rings. The Morgan fingerprint density at radius 1 is 1.29 bits per heavy atom. The molecule has 2 N–H and O–H groups in total. The highest BCUT2D eigenvalue weighted by molar-refractivity contribution is 4.99. The lowest BCUT2D eigenvalue weighted by Crippen LogP contribution is -2.55. The molecule has 3 nitrogen and oxygen atoms in total. The van der Waals surface area contributed by atoms with Gasteiger partial charge < -0.3 is 10.5 Å². The first-order valence-electron chi connectivity index (χ1n) is 7.14. The maximum absolute atomic E-state index is 6.09. The van der Waals surface area contributed by atoms with Crippen LogP contribution in [0.25, 0.3) is 0 Å². The van der Waals surface area contributed by atoms with E-state index in [0.717, 1.165) is 25.0 Å². The van der Waals surface area contributed by atoms with Crippen LogP contribution in [0.2, 0.25) is 0 Å². The van der Waals surface area contributed by atoms with Crippen LogP contribution in [0.3, 0.4) is 0 Å². The first kappa shape index (κ1) is 13.3. The Morgan fingerprint density at radius 3 is 2.47 bits per heavy atom. The number of piperidine rings is 1. The number of hydrogen-bond acceptors (Lipinski definition) is 3. The maximum atomic E-state index is 6.09. The van der Waals surface area contributed by atoms with Crippen LogP contribution in [-0.2, 0) is 4.74 Å². The van der Waals surface area contributed by atoms with Gasteiger partial charge in [0, 0.05) is 25.8 Å². The van der Waals surface area contributed by atoms with Crippen molar-refractivity contribution in [3.05, 3.63) is 0 Å². The van der Waals surface area contributed by atoms with Crippen LogP contribution in [0.1, 0.15) is 39.0 Å². The van der Waals surface area contributed by atoms with Crippen molar-refractivity contribution in [1.82, 2.24) is 4.90 Å². The summed E-state index contributed by atoms with van der Waals surface area (Å²) in [5.41, 5.74) is 6.42. The van der Waals surface area contributed by atoms with Gasteiger partial charge in [-0.25, -0.2) is 0 Å². The van der Waals surface area contributed by atoms with Crippen LogP contribution in [0.4, 0.5) is 0 Å². The van der Waals surface area contributed by atoms with Crippen molar-refractivity contribution < 1.29 is 4.74 Å². The van der Waals surface area contributed by atoms with Gasteiger partial charge in [-0.1, -0.05) is 6.92 Å². The largest absolute Gasteiger partial charge is 0.384 e. The number of methoxy groups -OCH3 is 1. The third-order valence-electron chi connectivity index (χ3n) is 4.90. The number of nitrogens with two attached hydrogens (primary N) is 1. The number of rotatable bonds is 4. The summed E-state index contributed by atoms with van der Waals surface area (Å²) in [6, 6.07) is 0. The molecule has 0 aromatic carbocycles. The molecule has 1 aliphatic carbocycles. The molecule has 1 heterocycles. The molecule has 1 aliphatic heterocycles. The van der Waals surface area contributed by atoms with E-state index in [1.165, 1.54) is 45.2 Å². The fraction of sp³-hybridized carbons (Fsp3) is 1.00. The number of likely N-dealkylation sites (tertiary alicyclic amines) is 1. The average molecular weight is 240 g/mol. The summed E-state index contributed by atoms with van der Waals surface area (Å²) >= 11 is 0. The molecule has 2 aliphatic rings. The third kappa shape index (κ3) is 2.83. The lowest BCUT2D eigenvalue weighted by atomic mass is 9.88. The second-order valence-corrected chi connectivity index (χ2v) is 6.16. The van der Waals surface area contributed by atoms with Gasteiger partial charge >= 0.3 is 0 Å². The predicted molar refractivity (Wildman–Crippen MR) is 71.0 cm³/mol. The van der Waals surface area contributed by atoms with Gasteiger partial charge in [0.25, 0.3) is 0 Å². The third-order valence-corrected chi connectivity index (χ3v) is 4.90. The van der Waals surface area contributed by atoms with Crippen molar-refractivity contribution in [1.29, 1.82) is 0 Å². The first-order valence-corrected chi connectivity index (χ1v) is 7.14. The van der Waals surface area contributed by atoms with Gasteiger partial charge in [0.15, 0.2) is 0 Å². The number of ether oxygens (including phenoxy) is 1. The van der Waals surface area contributed by atoms with E-state index >= 15 is 0 Å². The summed E-state index contributed by atoms with van der Waals surface area (Å²) in [6.07, 6.45) is 6.53. The zero-order valence-corrected chi connectivity index (χ0v) is 11.5. The van der Waals surface area contributed by atoms with Crippen molar-refractivity contribution in [2.75, 3.05) is 33.4 Å². The SMILES string of the molecule is COCC1CCN(C2(CN)CCC(C)C2)CC1. The Hall–Kier alpha value is -0.120. The standard InChI is InChI=1S/C14H28N2O/c1-12-3-6-14(9-12,11-15)16-7-4-13(5-8-16)10-17-2/h12-13H,3-11,15H2,1-2H3. The van der Waals surface area contributed by atoms with Crippen LogP contribution in [-0.4, -0.2) is 43.8 Å². The maximum Gasteiger partial charge on any atom is 0.0491 e. The van der Waals surface area contributed by atoms with Gasteiger partial charge in [-0.15, -0.1) is 0 Å². The molecule has 2 unspecified atom stereocenters. The predicted octanol–water partition coefficient (Wildman–Crippen LogP) is 1.86. The summed E-state index contributed by atoms with van der Waals surface area (Å²) in [7, 11) is 1.81. The topological polar surface area (TPSA) is 38.5 Å². The van der Waals surface area contributed by atoms with E-state index in [9.17, 15) is 0 Å². The van der Waals surface area contributed by atoms with E-state index < -0.39 is 0 Å². The van der Waals surface area contributed by atoms with Gasteiger partial charge in [0.1, 0.15) is 0 Å². The molecule has 1 saturated carbocycles. The zero-order chi connectivity index (χ0) is 12.3.